The second kappa shape index (κ2) is 6.34. The molecule has 6 nitrogen and oxygen atoms in total. The van der Waals surface area contributed by atoms with Crippen LogP contribution in [0.15, 0.2) is 24.3 Å². The number of H-pyrrole nitrogens is 1. The number of para-hydroxylation sites is 2. The third-order valence-corrected chi connectivity index (χ3v) is 4.29. The van der Waals surface area contributed by atoms with Crippen LogP contribution in [-0.4, -0.2) is 37.4 Å². The lowest BCUT2D eigenvalue weighted by atomic mass is 10.3. The third-order valence-electron chi connectivity index (χ3n) is 2.87. The monoisotopic (exact) mass is 297 g/mol. The quantitative estimate of drug-likeness (QED) is 0.760. The molecule has 0 amide bonds. The van der Waals surface area contributed by atoms with Crippen molar-refractivity contribution in [3.8, 4) is 0 Å². The van der Waals surface area contributed by atoms with Gasteiger partial charge in [-0.25, -0.2) is 18.1 Å². The summed E-state index contributed by atoms with van der Waals surface area (Å²) in [5.41, 5.74) is 1.71. The second-order valence-corrected chi connectivity index (χ2v) is 6.37. The Morgan fingerprint density at radius 3 is 2.85 bits per heavy atom. The summed E-state index contributed by atoms with van der Waals surface area (Å²) in [4.78, 5) is 7.50. The minimum absolute atomic E-state index is 0.0502. The topological polar surface area (TPSA) is 84.1 Å². The van der Waals surface area contributed by atoms with Crippen LogP contribution in [0.4, 0.5) is 0 Å². The molecule has 0 aliphatic rings. The van der Waals surface area contributed by atoms with Crippen LogP contribution in [0.1, 0.15) is 25.7 Å². The molecule has 0 bridgehead atoms. The Labute approximate surface area is 118 Å². The van der Waals surface area contributed by atoms with Crippen LogP contribution in [0, 0.1) is 0 Å². The lowest BCUT2D eigenvalue weighted by Gasteiger charge is -2.11. The van der Waals surface area contributed by atoms with E-state index in [4.69, 9.17) is 4.74 Å². The van der Waals surface area contributed by atoms with Crippen LogP contribution in [0.5, 0.6) is 0 Å². The van der Waals surface area contributed by atoms with Crippen molar-refractivity contribution in [2.45, 2.75) is 19.9 Å². The molecule has 1 heterocycles. The van der Waals surface area contributed by atoms with Crippen molar-refractivity contribution in [3.05, 3.63) is 30.1 Å². The fourth-order valence-electron chi connectivity index (χ4n) is 1.87. The number of aromatic amines is 1. The van der Waals surface area contributed by atoms with Crippen LogP contribution in [-0.2, 0) is 14.8 Å². The molecule has 1 aromatic carbocycles. The van der Waals surface area contributed by atoms with Crippen LogP contribution in [0.3, 0.4) is 0 Å². The summed E-state index contributed by atoms with van der Waals surface area (Å²) in [6.45, 7) is 4.29. The summed E-state index contributed by atoms with van der Waals surface area (Å²) in [5, 5.41) is 0. The van der Waals surface area contributed by atoms with Gasteiger partial charge in [0.15, 0.2) is 0 Å². The number of ether oxygens (including phenoxy) is 1. The lowest BCUT2D eigenvalue weighted by Crippen LogP contribution is -2.31. The summed E-state index contributed by atoms with van der Waals surface area (Å²) in [6, 6.07) is 7.17. The van der Waals surface area contributed by atoms with E-state index in [0.29, 0.717) is 12.4 Å². The number of nitrogens with zero attached hydrogens (tertiary/aromatic N) is 1. The zero-order chi connectivity index (χ0) is 14.6. The number of sulfonamides is 1. The number of fused-ring (bicyclic) bond motifs is 1. The van der Waals surface area contributed by atoms with Crippen molar-refractivity contribution >= 4 is 21.1 Å². The number of hydrogen-bond donors (Lipinski definition) is 2. The number of nitrogens with one attached hydrogen (secondary N) is 2. The standard InChI is InChI=1S/C13H19N3O3S/c1-3-19-8-9-20(17,18)16-10(2)13-14-11-6-4-5-7-12(11)15-13/h4-7,10,16H,3,8-9H2,1-2H3,(H,14,15). The summed E-state index contributed by atoms with van der Waals surface area (Å²) < 4.78 is 31.4. The minimum atomic E-state index is -3.37. The number of aromatic nitrogens is 2. The maximum absolute atomic E-state index is 11.9. The van der Waals surface area contributed by atoms with E-state index in [1.807, 2.05) is 31.2 Å². The molecule has 2 aromatic rings. The molecular weight excluding hydrogens is 278 g/mol. The van der Waals surface area contributed by atoms with Gasteiger partial charge in [-0.15, -0.1) is 0 Å². The van der Waals surface area contributed by atoms with Gasteiger partial charge in [0.1, 0.15) is 5.82 Å². The summed E-state index contributed by atoms with van der Waals surface area (Å²) in [5.74, 6) is 0.553. The van der Waals surface area contributed by atoms with Gasteiger partial charge < -0.3 is 9.72 Å². The molecule has 0 aliphatic heterocycles. The van der Waals surface area contributed by atoms with Crippen molar-refractivity contribution in [1.29, 1.82) is 0 Å². The first kappa shape index (κ1) is 15.0. The molecular formula is C13H19N3O3S. The van der Waals surface area contributed by atoms with Crippen molar-refractivity contribution in [2.75, 3.05) is 19.0 Å². The zero-order valence-corrected chi connectivity index (χ0v) is 12.4. The summed E-state index contributed by atoms with van der Waals surface area (Å²) in [7, 11) is -3.37. The van der Waals surface area contributed by atoms with Crippen LogP contribution >= 0.6 is 0 Å². The van der Waals surface area contributed by atoms with Gasteiger partial charge in [-0.2, -0.15) is 0 Å². The molecule has 0 aliphatic carbocycles. The molecule has 1 aromatic heterocycles. The largest absolute Gasteiger partial charge is 0.381 e. The molecule has 1 unspecified atom stereocenters. The Bertz CT molecular complexity index is 633. The highest BCUT2D eigenvalue weighted by Crippen LogP contribution is 2.16. The summed E-state index contributed by atoms with van der Waals surface area (Å²) >= 11 is 0. The fraction of sp³-hybridized carbons (Fsp3) is 0.462. The molecule has 2 rings (SSSR count). The van der Waals surface area contributed by atoms with E-state index in [1.165, 1.54) is 0 Å². The van der Waals surface area contributed by atoms with Gasteiger partial charge >= 0.3 is 0 Å². The predicted octanol–water partition coefficient (Wildman–Crippen LogP) is 1.58. The van der Waals surface area contributed by atoms with Gasteiger partial charge in [0, 0.05) is 6.61 Å². The molecule has 2 N–H and O–H groups in total. The first-order chi connectivity index (χ1) is 9.52. The minimum Gasteiger partial charge on any atom is -0.381 e. The highest BCUT2D eigenvalue weighted by molar-refractivity contribution is 7.89. The van der Waals surface area contributed by atoms with E-state index >= 15 is 0 Å². The lowest BCUT2D eigenvalue weighted by molar-refractivity contribution is 0.163. The molecule has 20 heavy (non-hydrogen) atoms. The van der Waals surface area contributed by atoms with E-state index in [-0.39, 0.29) is 12.4 Å². The first-order valence-corrected chi connectivity index (χ1v) is 8.19. The smallest absolute Gasteiger partial charge is 0.214 e. The molecule has 0 saturated carbocycles. The molecule has 1 atom stereocenters. The van der Waals surface area contributed by atoms with E-state index in [0.717, 1.165) is 11.0 Å². The highest BCUT2D eigenvalue weighted by atomic mass is 32.2. The number of rotatable bonds is 7. The van der Waals surface area contributed by atoms with Gasteiger partial charge in [0.05, 0.1) is 29.4 Å². The van der Waals surface area contributed by atoms with Gasteiger partial charge in [-0.3, -0.25) is 0 Å². The number of imidazole rings is 1. The molecule has 0 fully saturated rings. The third kappa shape index (κ3) is 3.78. The normalized spacial score (nSPS) is 13.7. The molecule has 7 heteroatoms. The molecule has 110 valence electrons. The van der Waals surface area contributed by atoms with Gasteiger partial charge in [-0.1, -0.05) is 12.1 Å². The van der Waals surface area contributed by atoms with Crippen LogP contribution in [0.25, 0.3) is 11.0 Å². The van der Waals surface area contributed by atoms with E-state index in [9.17, 15) is 8.42 Å². The Hall–Kier alpha value is -1.44. The fourth-order valence-corrected chi connectivity index (χ4v) is 2.98. The van der Waals surface area contributed by atoms with Crippen molar-refractivity contribution in [2.24, 2.45) is 0 Å². The first-order valence-electron chi connectivity index (χ1n) is 6.54. The molecule has 0 saturated heterocycles. The Morgan fingerprint density at radius 2 is 2.15 bits per heavy atom. The van der Waals surface area contributed by atoms with E-state index in [1.54, 1.807) is 6.92 Å². The van der Waals surface area contributed by atoms with Gasteiger partial charge in [0.2, 0.25) is 10.0 Å². The average Bonchev–Trinajstić information content (AvgIpc) is 2.82. The predicted molar refractivity (Wildman–Crippen MR) is 77.9 cm³/mol. The van der Waals surface area contributed by atoms with Crippen LogP contribution < -0.4 is 4.72 Å². The number of benzene rings is 1. The van der Waals surface area contributed by atoms with Crippen molar-refractivity contribution < 1.29 is 13.2 Å². The number of hydrogen-bond acceptors (Lipinski definition) is 4. The van der Waals surface area contributed by atoms with Crippen molar-refractivity contribution in [1.82, 2.24) is 14.7 Å². The highest BCUT2D eigenvalue weighted by Gasteiger charge is 2.18. The SMILES string of the molecule is CCOCCS(=O)(=O)NC(C)c1nc2ccccc2[nH]1. The van der Waals surface area contributed by atoms with E-state index in [2.05, 4.69) is 14.7 Å². The second-order valence-electron chi connectivity index (χ2n) is 4.49. The Kier molecular flexibility index (Phi) is 4.74. The maximum atomic E-state index is 11.9. The molecule has 0 spiro atoms. The van der Waals surface area contributed by atoms with Gasteiger partial charge in [0.25, 0.3) is 0 Å². The van der Waals surface area contributed by atoms with Gasteiger partial charge in [-0.05, 0) is 26.0 Å². The average molecular weight is 297 g/mol. The van der Waals surface area contributed by atoms with Crippen LogP contribution in [0.2, 0.25) is 0 Å². The van der Waals surface area contributed by atoms with Crippen molar-refractivity contribution in [3.63, 3.8) is 0 Å². The zero-order valence-electron chi connectivity index (χ0n) is 11.6. The maximum Gasteiger partial charge on any atom is 0.214 e. The summed E-state index contributed by atoms with van der Waals surface area (Å²) in [6.07, 6.45) is 0. The Morgan fingerprint density at radius 1 is 1.40 bits per heavy atom. The Balaban J connectivity index is 2.05. The van der Waals surface area contributed by atoms with E-state index < -0.39 is 16.1 Å². The molecule has 0 radical (unpaired) electrons.